The fraction of sp³-hybridized carbons (Fsp3) is 0.667. The van der Waals surface area contributed by atoms with E-state index in [1.165, 1.54) is 20.0 Å². The van der Waals surface area contributed by atoms with Crippen LogP contribution in [0.2, 0.25) is 0 Å². The second-order valence-corrected chi connectivity index (χ2v) is 4.83. The lowest BCUT2D eigenvalue weighted by Gasteiger charge is -2.26. The predicted octanol–water partition coefficient (Wildman–Crippen LogP) is 2.00. The summed E-state index contributed by atoms with van der Waals surface area (Å²) in [4.78, 5) is 11.4. The zero-order chi connectivity index (χ0) is 12.4. The van der Waals surface area contributed by atoms with E-state index in [-0.39, 0.29) is 5.69 Å². The van der Waals surface area contributed by atoms with Gasteiger partial charge in [-0.3, -0.25) is 4.68 Å². The molecule has 1 aliphatic carbocycles. The van der Waals surface area contributed by atoms with Gasteiger partial charge in [0, 0.05) is 6.20 Å². The Hall–Kier alpha value is -1.52. The number of hydrogen-bond acceptors (Lipinski definition) is 4. The fourth-order valence-electron chi connectivity index (χ4n) is 2.49. The number of aromatic nitrogens is 2. The topological polar surface area (TPSA) is 70.1 Å². The lowest BCUT2D eigenvalue weighted by atomic mass is 9.87. The molecule has 1 fully saturated rings. The van der Waals surface area contributed by atoms with E-state index in [2.05, 4.69) is 16.8 Å². The van der Waals surface area contributed by atoms with Crippen molar-refractivity contribution < 1.29 is 9.53 Å². The molecule has 5 heteroatoms. The summed E-state index contributed by atoms with van der Waals surface area (Å²) in [5.41, 5.74) is 6.40. The van der Waals surface area contributed by atoms with Gasteiger partial charge in [0.2, 0.25) is 0 Å². The van der Waals surface area contributed by atoms with Crippen molar-refractivity contribution in [3.05, 3.63) is 11.9 Å². The van der Waals surface area contributed by atoms with Crippen LogP contribution in [0.4, 0.5) is 5.69 Å². The lowest BCUT2D eigenvalue weighted by molar-refractivity contribution is 0.0593. The summed E-state index contributed by atoms with van der Waals surface area (Å²) in [6.45, 7) is 2.25. The summed E-state index contributed by atoms with van der Waals surface area (Å²) in [5.74, 6) is 0.242. The Balaban J connectivity index is 2.19. The summed E-state index contributed by atoms with van der Waals surface area (Å²) < 4.78 is 6.47. The quantitative estimate of drug-likeness (QED) is 0.799. The minimum absolute atomic E-state index is 0.228. The zero-order valence-corrected chi connectivity index (χ0v) is 10.3. The number of hydrogen-bond donors (Lipinski definition) is 1. The Bertz CT molecular complexity index is 414. The van der Waals surface area contributed by atoms with Gasteiger partial charge >= 0.3 is 5.97 Å². The van der Waals surface area contributed by atoms with Crippen LogP contribution in [0.1, 0.15) is 49.1 Å². The SMILES string of the molecule is COC(=O)c1nn(C2CCCC(C)C2)cc1N. The van der Waals surface area contributed by atoms with Crippen LogP contribution in [0.3, 0.4) is 0 Å². The molecule has 1 aromatic rings. The van der Waals surface area contributed by atoms with Gasteiger partial charge in [-0.05, 0) is 18.8 Å². The Morgan fingerprint density at radius 2 is 2.35 bits per heavy atom. The molecule has 0 radical (unpaired) electrons. The van der Waals surface area contributed by atoms with Gasteiger partial charge in [-0.2, -0.15) is 5.10 Å². The third-order valence-electron chi connectivity index (χ3n) is 3.42. The van der Waals surface area contributed by atoms with E-state index >= 15 is 0 Å². The largest absolute Gasteiger partial charge is 0.464 e. The van der Waals surface area contributed by atoms with Crippen LogP contribution >= 0.6 is 0 Å². The van der Waals surface area contributed by atoms with Crippen LogP contribution in [-0.4, -0.2) is 22.9 Å². The second-order valence-electron chi connectivity index (χ2n) is 4.83. The molecule has 1 saturated carbocycles. The van der Waals surface area contributed by atoms with E-state index in [1.54, 1.807) is 6.20 Å². The van der Waals surface area contributed by atoms with Crippen molar-refractivity contribution in [3.63, 3.8) is 0 Å². The van der Waals surface area contributed by atoms with E-state index in [0.717, 1.165) is 12.8 Å². The molecule has 5 nitrogen and oxygen atoms in total. The smallest absolute Gasteiger partial charge is 0.360 e. The number of nitrogen functional groups attached to an aromatic ring is 1. The molecule has 1 aromatic heterocycles. The van der Waals surface area contributed by atoms with Gasteiger partial charge in [0.15, 0.2) is 5.69 Å². The summed E-state index contributed by atoms with van der Waals surface area (Å²) in [5, 5.41) is 4.26. The molecule has 2 atom stereocenters. The number of esters is 1. The summed E-state index contributed by atoms with van der Waals surface area (Å²) in [7, 11) is 1.34. The Labute approximate surface area is 101 Å². The zero-order valence-electron chi connectivity index (χ0n) is 10.3. The third kappa shape index (κ3) is 2.43. The molecule has 2 unspecified atom stereocenters. The first-order valence-electron chi connectivity index (χ1n) is 6.04. The minimum atomic E-state index is -0.467. The van der Waals surface area contributed by atoms with E-state index in [9.17, 15) is 4.79 Å². The van der Waals surface area contributed by atoms with Crippen molar-refractivity contribution in [2.75, 3.05) is 12.8 Å². The van der Waals surface area contributed by atoms with Crippen LogP contribution < -0.4 is 5.73 Å². The number of nitrogens with two attached hydrogens (primary N) is 1. The van der Waals surface area contributed by atoms with Gasteiger partial charge < -0.3 is 10.5 Å². The average molecular weight is 237 g/mol. The van der Waals surface area contributed by atoms with Gasteiger partial charge in [0.1, 0.15) is 0 Å². The number of carbonyl (C=O) groups is 1. The molecule has 0 amide bonds. The molecule has 17 heavy (non-hydrogen) atoms. The van der Waals surface area contributed by atoms with Gasteiger partial charge in [-0.1, -0.05) is 19.8 Å². The van der Waals surface area contributed by atoms with E-state index in [4.69, 9.17) is 5.73 Å². The van der Waals surface area contributed by atoms with E-state index in [0.29, 0.717) is 17.6 Å². The van der Waals surface area contributed by atoms with Crippen LogP contribution in [0.5, 0.6) is 0 Å². The van der Waals surface area contributed by atoms with Crippen LogP contribution in [0.15, 0.2) is 6.20 Å². The molecule has 0 saturated heterocycles. The predicted molar refractivity (Wildman–Crippen MR) is 64.6 cm³/mol. The summed E-state index contributed by atoms with van der Waals surface area (Å²) >= 11 is 0. The molecule has 1 aliphatic rings. The van der Waals surface area contributed by atoms with Gasteiger partial charge in [0.25, 0.3) is 0 Å². The highest BCUT2D eigenvalue weighted by Crippen LogP contribution is 2.32. The highest BCUT2D eigenvalue weighted by atomic mass is 16.5. The number of nitrogens with zero attached hydrogens (tertiary/aromatic N) is 2. The first-order valence-corrected chi connectivity index (χ1v) is 6.04. The highest BCUT2D eigenvalue weighted by Gasteiger charge is 2.23. The Kier molecular flexibility index (Phi) is 3.36. The summed E-state index contributed by atoms with van der Waals surface area (Å²) in [6, 6.07) is 0.361. The maximum atomic E-state index is 11.4. The molecule has 2 N–H and O–H groups in total. The summed E-state index contributed by atoms with van der Waals surface area (Å²) in [6.07, 6.45) is 6.43. The average Bonchev–Trinajstić information content (AvgIpc) is 2.70. The molecule has 94 valence electrons. The minimum Gasteiger partial charge on any atom is -0.464 e. The first kappa shape index (κ1) is 12.0. The Morgan fingerprint density at radius 3 is 3.00 bits per heavy atom. The third-order valence-corrected chi connectivity index (χ3v) is 3.42. The number of ether oxygens (including phenoxy) is 1. The molecule has 0 aromatic carbocycles. The molecular weight excluding hydrogens is 218 g/mol. The van der Waals surface area contributed by atoms with Crippen LogP contribution in [-0.2, 0) is 4.74 Å². The molecular formula is C12H19N3O2. The molecule has 0 spiro atoms. The van der Waals surface area contributed by atoms with Crippen LogP contribution in [0.25, 0.3) is 0 Å². The van der Waals surface area contributed by atoms with Crippen LogP contribution in [0, 0.1) is 5.92 Å². The van der Waals surface area contributed by atoms with Gasteiger partial charge in [-0.15, -0.1) is 0 Å². The monoisotopic (exact) mass is 237 g/mol. The van der Waals surface area contributed by atoms with Crippen molar-refractivity contribution in [2.24, 2.45) is 5.92 Å². The van der Waals surface area contributed by atoms with Crippen molar-refractivity contribution in [3.8, 4) is 0 Å². The second kappa shape index (κ2) is 4.77. The lowest BCUT2D eigenvalue weighted by Crippen LogP contribution is -2.18. The van der Waals surface area contributed by atoms with E-state index < -0.39 is 5.97 Å². The number of carbonyl (C=O) groups excluding carboxylic acids is 1. The van der Waals surface area contributed by atoms with Crippen molar-refractivity contribution >= 4 is 11.7 Å². The number of anilines is 1. The number of rotatable bonds is 2. The fourth-order valence-corrected chi connectivity index (χ4v) is 2.49. The molecule has 2 rings (SSSR count). The maximum Gasteiger partial charge on any atom is 0.360 e. The highest BCUT2D eigenvalue weighted by molar-refractivity contribution is 5.92. The van der Waals surface area contributed by atoms with Crippen molar-refractivity contribution in [2.45, 2.75) is 38.6 Å². The molecule has 1 heterocycles. The molecule has 0 aliphatic heterocycles. The Morgan fingerprint density at radius 1 is 1.59 bits per heavy atom. The van der Waals surface area contributed by atoms with Gasteiger partial charge in [0.05, 0.1) is 18.8 Å². The van der Waals surface area contributed by atoms with E-state index in [1.807, 2.05) is 4.68 Å². The standard InChI is InChI=1S/C12H19N3O2/c1-8-4-3-5-9(6-8)15-7-10(13)11(14-15)12(16)17-2/h7-9H,3-6,13H2,1-2H3. The van der Waals surface area contributed by atoms with Crippen molar-refractivity contribution in [1.82, 2.24) is 9.78 Å². The molecule has 0 bridgehead atoms. The van der Waals surface area contributed by atoms with Gasteiger partial charge in [-0.25, -0.2) is 4.79 Å². The first-order chi connectivity index (χ1) is 8.11. The maximum absolute atomic E-state index is 11.4. The normalized spacial score (nSPS) is 24.6. The van der Waals surface area contributed by atoms with Crippen molar-refractivity contribution in [1.29, 1.82) is 0 Å². The number of methoxy groups -OCH3 is 1.